The van der Waals surface area contributed by atoms with Crippen LogP contribution < -0.4 is 8.61 Å². The molecule has 0 atom stereocenters. The molecule has 1 heterocycles. The molecular formula is C18H10F4N2O2S. The molecule has 1 aliphatic heterocycles. The summed E-state index contributed by atoms with van der Waals surface area (Å²) in [6.07, 6.45) is 0. The van der Waals surface area contributed by atoms with Crippen LogP contribution in [-0.4, -0.2) is 8.42 Å². The number of hydrogen-bond donors (Lipinski definition) is 0. The summed E-state index contributed by atoms with van der Waals surface area (Å²) >= 11 is 0. The summed E-state index contributed by atoms with van der Waals surface area (Å²) in [7, 11) is -4.52. The van der Waals surface area contributed by atoms with Gasteiger partial charge >= 0.3 is 10.2 Å². The van der Waals surface area contributed by atoms with Crippen molar-refractivity contribution >= 4 is 33.0 Å². The van der Waals surface area contributed by atoms with E-state index in [-0.39, 0.29) is 11.4 Å². The normalized spacial score (nSPS) is 15.1. The van der Waals surface area contributed by atoms with Crippen LogP contribution >= 0.6 is 0 Å². The number of hydrogen-bond acceptors (Lipinski definition) is 2. The topological polar surface area (TPSA) is 40.6 Å². The fraction of sp³-hybridized carbons (Fsp3) is 0. The van der Waals surface area contributed by atoms with Gasteiger partial charge in [0, 0.05) is 12.1 Å². The van der Waals surface area contributed by atoms with Crippen LogP contribution in [0, 0.1) is 23.3 Å². The van der Waals surface area contributed by atoms with E-state index in [0.717, 1.165) is 24.3 Å². The quantitative estimate of drug-likeness (QED) is 0.587. The first kappa shape index (κ1) is 17.3. The molecule has 1 aliphatic rings. The fourth-order valence-corrected chi connectivity index (χ4v) is 4.70. The van der Waals surface area contributed by atoms with E-state index >= 15 is 0 Å². The lowest BCUT2D eigenvalue weighted by atomic mass is 10.2. The Morgan fingerprint density at radius 2 is 1.00 bits per heavy atom. The minimum atomic E-state index is -4.52. The van der Waals surface area contributed by atoms with Gasteiger partial charge in [-0.05, 0) is 36.4 Å². The van der Waals surface area contributed by atoms with Gasteiger partial charge in [0.05, 0.1) is 22.7 Å². The maximum Gasteiger partial charge on any atom is 0.335 e. The zero-order chi connectivity index (χ0) is 19.3. The largest absolute Gasteiger partial charge is 0.335 e. The number of nitrogens with zero attached hydrogens (tertiary/aromatic N) is 2. The SMILES string of the molecule is O=S1(=O)N(c2ccc(F)cc2F)c2ccccc2N1c1ccc(F)cc1F. The Balaban J connectivity index is 1.98. The minimum Gasteiger partial charge on any atom is -0.216 e. The highest BCUT2D eigenvalue weighted by Crippen LogP contribution is 2.49. The van der Waals surface area contributed by atoms with Crippen molar-refractivity contribution in [2.24, 2.45) is 0 Å². The first-order valence-corrected chi connectivity index (χ1v) is 9.05. The molecule has 0 saturated carbocycles. The molecule has 0 fully saturated rings. The number of rotatable bonds is 2. The van der Waals surface area contributed by atoms with Crippen molar-refractivity contribution in [3.63, 3.8) is 0 Å². The lowest BCUT2D eigenvalue weighted by Crippen LogP contribution is -2.33. The molecule has 138 valence electrons. The Morgan fingerprint density at radius 3 is 1.37 bits per heavy atom. The van der Waals surface area contributed by atoms with Crippen LogP contribution in [0.1, 0.15) is 0 Å². The summed E-state index contributed by atoms with van der Waals surface area (Å²) in [6, 6.07) is 10.7. The second kappa shape index (κ2) is 5.98. The Morgan fingerprint density at radius 1 is 0.593 bits per heavy atom. The Labute approximate surface area is 152 Å². The zero-order valence-electron chi connectivity index (χ0n) is 13.4. The number of halogens is 4. The Kier molecular flexibility index (Phi) is 3.84. The molecule has 0 saturated heterocycles. The molecule has 0 aromatic heterocycles. The van der Waals surface area contributed by atoms with Gasteiger partial charge in [-0.15, -0.1) is 0 Å². The molecule has 0 radical (unpaired) electrons. The van der Waals surface area contributed by atoms with E-state index in [1.807, 2.05) is 0 Å². The van der Waals surface area contributed by atoms with Crippen LogP contribution in [0.15, 0.2) is 60.7 Å². The molecule has 0 amide bonds. The molecule has 27 heavy (non-hydrogen) atoms. The van der Waals surface area contributed by atoms with Crippen molar-refractivity contribution in [1.82, 2.24) is 0 Å². The van der Waals surface area contributed by atoms with Crippen molar-refractivity contribution in [3.8, 4) is 0 Å². The number of para-hydroxylation sites is 2. The Hall–Kier alpha value is -3.07. The van der Waals surface area contributed by atoms with E-state index in [2.05, 4.69) is 0 Å². The molecule has 0 aliphatic carbocycles. The van der Waals surface area contributed by atoms with Gasteiger partial charge in [-0.1, -0.05) is 12.1 Å². The van der Waals surface area contributed by atoms with E-state index in [0.29, 0.717) is 20.7 Å². The van der Waals surface area contributed by atoms with Gasteiger partial charge in [0.1, 0.15) is 11.6 Å². The molecule has 4 nitrogen and oxygen atoms in total. The maximum atomic E-state index is 14.3. The highest BCUT2D eigenvalue weighted by Gasteiger charge is 2.44. The van der Waals surface area contributed by atoms with E-state index < -0.39 is 44.9 Å². The second-order valence-electron chi connectivity index (χ2n) is 5.72. The van der Waals surface area contributed by atoms with Gasteiger partial charge in [0.2, 0.25) is 0 Å². The van der Waals surface area contributed by atoms with Crippen molar-refractivity contribution in [2.45, 2.75) is 0 Å². The highest BCUT2D eigenvalue weighted by atomic mass is 32.2. The standard InChI is InChI=1S/C18H10F4N2O2S/c19-11-5-7-15(13(21)9-11)23-17-3-1-2-4-18(17)24(27(23,25)26)16-8-6-12(20)10-14(16)22/h1-10H. The summed E-state index contributed by atoms with van der Waals surface area (Å²) in [5.74, 6) is -3.95. The van der Waals surface area contributed by atoms with Crippen molar-refractivity contribution in [3.05, 3.63) is 83.9 Å². The van der Waals surface area contributed by atoms with Crippen molar-refractivity contribution < 1.29 is 26.0 Å². The maximum absolute atomic E-state index is 14.3. The van der Waals surface area contributed by atoms with Crippen LogP contribution in [0.5, 0.6) is 0 Å². The number of fused-ring (bicyclic) bond motifs is 1. The molecule has 4 rings (SSSR count). The van der Waals surface area contributed by atoms with Crippen LogP contribution in [-0.2, 0) is 10.2 Å². The van der Waals surface area contributed by atoms with E-state index in [1.54, 1.807) is 0 Å². The molecule has 0 spiro atoms. The van der Waals surface area contributed by atoms with E-state index in [1.165, 1.54) is 24.3 Å². The molecule has 9 heteroatoms. The average Bonchev–Trinajstić information content (AvgIpc) is 2.82. The van der Waals surface area contributed by atoms with E-state index in [4.69, 9.17) is 0 Å². The van der Waals surface area contributed by atoms with Crippen LogP contribution in [0.3, 0.4) is 0 Å². The third-order valence-electron chi connectivity index (χ3n) is 4.04. The van der Waals surface area contributed by atoms with E-state index in [9.17, 15) is 26.0 Å². The smallest absolute Gasteiger partial charge is 0.216 e. The molecule has 3 aromatic rings. The van der Waals surface area contributed by atoms with Gasteiger partial charge < -0.3 is 0 Å². The summed E-state index contributed by atoms with van der Waals surface area (Å²) in [5.41, 5.74) is -0.749. The van der Waals surface area contributed by atoms with Gasteiger partial charge in [-0.2, -0.15) is 8.42 Å². The van der Waals surface area contributed by atoms with Crippen molar-refractivity contribution in [2.75, 3.05) is 8.61 Å². The molecule has 0 unspecified atom stereocenters. The number of anilines is 4. The second-order valence-corrected chi connectivity index (χ2v) is 7.34. The van der Waals surface area contributed by atoms with Crippen LogP contribution in [0.25, 0.3) is 0 Å². The van der Waals surface area contributed by atoms with Crippen LogP contribution in [0.4, 0.5) is 40.3 Å². The van der Waals surface area contributed by atoms with Gasteiger partial charge in [-0.25, -0.2) is 26.2 Å². The molecule has 0 N–H and O–H groups in total. The first-order chi connectivity index (χ1) is 12.8. The molecule has 3 aromatic carbocycles. The third kappa shape index (κ3) is 2.62. The lowest BCUT2D eigenvalue weighted by Gasteiger charge is -2.22. The van der Waals surface area contributed by atoms with Crippen molar-refractivity contribution in [1.29, 1.82) is 0 Å². The predicted octanol–water partition coefficient (Wildman–Crippen LogP) is 4.78. The van der Waals surface area contributed by atoms with Crippen LogP contribution in [0.2, 0.25) is 0 Å². The summed E-state index contributed by atoms with van der Waals surface area (Å²) < 4.78 is 82.7. The van der Waals surface area contributed by atoms with Gasteiger partial charge in [0.25, 0.3) is 0 Å². The lowest BCUT2D eigenvalue weighted by molar-refractivity contribution is 0.576. The first-order valence-electron chi connectivity index (χ1n) is 7.65. The van der Waals surface area contributed by atoms with Gasteiger partial charge in [-0.3, -0.25) is 0 Å². The number of benzene rings is 3. The van der Waals surface area contributed by atoms with Gasteiger partial charge in [0.15, 0.2) is 11.6 Å². The fourth-order valence-electron chi connectivity index (χ4n) is 2.94. The highest BCUT2D eigenvalue weighted by molar-refractivity contribution is 7.95. The summed E-state index contributed by atoms with van der Waals surface area (Å²) in [4.78, 5) is 0. The average molecular weight is 394 g/mol. The zero-order valence-corrected chi connectivity index (χ0v) is 14.2. The molecular weight excluding hydrogens is 384 g/mol. The monoisotopic (exact) mass is 394 g/mol. The Bertz CT molecular complexity index is 1080. The summed E-state index contributed by atoms with van der Waals surface area (Å²) in [5, 5.41) is 0. The minimum absolute atomic E-state index is 0.0479. The predicted molar refractivity (Wildman–Crippen MR) is 92.4 cm³/mol. The molecule has 0 bridgehead atoms. The summed E-state index contributed by atoms with van der Waals surface area (Å²) in [6.45, 7) is 0. The third-order valence-corrected chi connectivity index (χ3v) is 5.75.